The van der Waals surface area contributed by atoms with Gasteiger partial charge < -0.3 is 4.90 Å². The molecule has 2 amide bonds. The van der Waals surface area contributed by atoms with Gasteiger partial charge in [-0.1, -0.05) is 30.2 Å². The lowest BCUT2D eigenvalue weighted by molar-refractivity contribution is 0.218. The number of para-hydroxylation sites is 1. The third-order valence-electron chi connectivity index (χ3n) is 4.94. The van der Waals surface area contributed by atoms with Gasteiger partial charge in [-0.15, -0.1) is 5.10 Å². The van der Waals surface area contributed by atoms with Crippen molar-refractivity contribution in [3.8, 4) is 5.69 Å². The summed E-state index contributed by atoms with van der Waals surface area (Å²) in [7, 11) is 0. The number of anilines is 1. The summed E-state index contributed by atoms with van der Waals surface area (Å²) in [6.45, 7) is 1.75. The maximum atomic E-state index is 12.4. The van der Waals surface area contributed by atoms with Gasteiger partial charge in [0.05, 0.1) is 10.7 Å². The fraction of sp³-hybridized carbons (Fsp3) is 0.412. The Balaban J connectivity index is 1.44. The quantitative estimate of drug-likeness (QED) is 0.910. The molecule has 120 valence electrons. The van der Waals surface area contributed by atoms with Gasteiger partial charge in [-0.2, -0.15) is 0 Å². The zero-order chi connectivity index (χ0) is 15.8. The van der Waals surface area contributed by atoms with Gasteiger partial charge in [-0.05, 0) is 36.8 Å². The largest absolute Gasteiger partial charge is 0.324 e. The predicted octanol–water partition coefficient (Wildman–Crippen LogP) is 3.79. The minimum Gasteiger partial charge on any atom is -0.324 e. The van der Waals surface area contributed by atoms with Gasteiger partial charge in [0.1, 0.15) is 0 Å². The number of aromatic nitrogens is 2. The molecule has 2 aliphatic rings. The Kier molecular flexibility index (Phi) is 3.73. The average molecular weight is 331 g/mol. The SMILES string of the molecule is O=C(Nc1ccn(-c2ccccc2Cl)n1)N1CC2CCCC2C1. The zero-order valence-electron chi connectivity index (χ0n) is 12.8. The number of benzene rings is 1. The lowest BCUT2D eigenvalue weighted by Gasteiger charge is -2.17. The molecule has 0 radical (unpaired) electrons. The molecule has 1 aliphatic heterocycles. The first kappa shape index (κ1) is 14.6. The summed E-state index contributed by atoms with van der Waals surface area (Å²) in [5.41, 5.74) is 0.797. The molecular weight excluding hydrogens is 312 g/mol. The zero-order valence-corrected chi connectivity index (χ0v) is 13.5. The van der Waals surface area contributed by atoms with Crippen molar-refractivity contribution in [2.45, 2.75) is 19.3 Å². The lowest BCUT2D eigenvalue weighted by Crippen LogP contribution is -2.33. The number of rotatable bonds is 2. The summed E-state index contributed by atoms with van der Waals surface area (Å²) in [6, 6.07) is 9.23. The van der Waals surface area contributed by atoms with E-state index in [2.05, 4.69) is 10.4 Å². The van der Waals surface area contributed by atoms with Crippen molar-refractivity contribution in [3.05, 3.63) is 41.6 Å². The number of urea groups is 1. The van der Waals surface area contributed by atoms with Gasteiger partial charge in [0, 0.05) is 25.4 Å². The summed E-state index contributed by atoms with van der Waals surface area (Å²) in [5, 5.41) is 7.92. The number of likely N-dealkylation sites (tertiary alicyclic amines) is 1. The standard InChI is InChI=1S/C17H19ClN4O/c18-14-6-1-2-7-15(14)22-9-8-16(20-22)19-17(23)21-10-12-4-3-5-13(12)11-21/h1-2,6-9,12-13H,3-5,10-11H2,(H,19,20,23). The summed E-state index contributed by atoms with van der Waals surface area (Å²) in [4.78, 5) is 14.3. The maximum Gasteiger partial charge on any atom is 0.323 e. The van der Waals surface area contributed by atoms with Crippen LogP contribution in [0.25, 0.3) is 5.69 Å². The summed E-state index contributed by atoms with van der Waals surface area (Å²) < 4.78 is 1.68. The Hall–Kier alpha value is -2.01. The number of halogens is 1. The molecule has 1 saturated heterocycles. The van der Waals surface area contributed by atoms with Crippen molar-refractivity contribution in [2.75, 3.05) is 18.4 Å². The van der Waals surface area contributed by atoms with Gasteiger partial charge in [-0.3, -0.25) is 5.32 Å². The average Bonchev–Trinajstić information content (AvgIpc) is 3.22. The van der Waals surface area contributed by atoms with Gasteiger partial charge in [-0.25, -0.2) is 9.48 Å². The first-order valence-electron chi connectivity index (χ1n) is 8.07. The van der Waals surface area contributed by atoms with Crippen LogP contribution in [-0.2, 0) is 0 Å². The number of fused-ring (bicyclic) bond motifs is 1. The van der Waals surface area contributed by atoms with Crippen molar-refractivity contribution in [1.82, 2.24) is 14.7 Å². The van der Waals surface area contributed by atoms with Crippen LogP contribution in [-0.4, -0.2) is 33.8 Å². The van der Waals surface area contributed by atoms with Crippen LogP contribution in [0.2, 0.25) is 5.02 Å². The van der Waals surface area contributed by atoms with E-state index in [-0.39, 0.29) is 6.03 Å². The molecule has 1 aromatic heterocycles. The van der Waals surface area contributed by atoms with E-state index in [0.717, 1.165) is 18.8 Å². The van der Waals surface area contributed by atoms with E-state index in [1.54, 1.807) is 16.9 Å². The topological polar surface area (TPSA) is 50.2 Å². The van der Waals surface area contributed by atoms with Gasteiger partial charge in [0.2, 0.25) is 0 Å². The van der Waals surface area contributed by atoms with E-state index in [9.17, 15) is 4.79 Å². The van der Waals surface area contributed by atoms with Crippen molar-refractivity contribution >= 4 is 23.4 Å². The van der Waals surface area contributed by atoms with Crippen LogP contribution in [0.4, 0.5) is 10.6 Å². The number of hydrogen-bond acceptors (Lipinski definition) is 2. The normalized spacial score (nSPS) is 23.1. The number of nitrogens with zero attached hydrogens (tertiary/aromatic N) is 3. The number of hydrogen-bond donors (Lipinski definition) is 1. The van der Waals surface area contributed by atoms with Gasteiger partial charge >= 0.3 is 6.03 Å². The van der Waals surface area contributed by atoms with Crippen LogP contribution in [0.3, 0.4) is 0 Å². The Morgan fingerprint density at radius 3 is 2.65 bits per heavy atom. The second-order valence-electron chi connectivity index (χ2n) is 6.38. The van der Waals surface area contributed by atoms with E-state index in [1.165, 1.54) is 19.3 Å². The van der Waals surface area contributed by atoms with Crippen LogP contribution in [0.1, 0.15) is 19.3 Å². The van der Waals surface area contributed by atoms with E-state index in [1.807, 2.05) is 29.2 Å². The molecule has 2 heterocycles. The molecule has 2 atom stereocenters. The van der Waals surface area contributed by atoms with Crippen molar-refractivity contribution < 1.29 is 4.79 Å². The highest BCUT2D eigenvalue weighted by Gasteiger charge is 2.38. The number of amides is 2. The monoisotopic (exact) mass is 330 g/mol. The fourth-order valence-corrected chi connectivity index (χ4v) is 3.97. The Morgan fingerprint density at radius 1 is 1.17 bits per heavy atom. The highest BCUT2D eigenvalue weighted by atomic mass is 35.5. The Bertz CT molecular complexity index is 717. The molecule has 2 fully saturated rings. The summed E-state index contributed by atoms with van der Waals surface area (Å²) >= 11 is 6.18. The summed E-state index contributed by atoms with van der Waals surface area (Å²) in [6.07, 6.45) is 5.63. The molecule has 1 aromatic carbocycles. The second kappa shape index (κ2) is 5.89. The summed E-state index contributed by atoms with van der Waals surface area (Å²) in [5.74, 6) is 1.94. The number of nitrogens with one attached hydrogen (secondary N) is 1. The molecule has 0 bridgehead atoms. The van der Waals surface area contributed by atoms with Crippen LogP contribution >= 0.6 is 11.6 Å². The second-order valence-corrected chi connectivity index (χ2v) is 6.79. The fourth-order valence-electron chi connectivity index (χ4n) is 3.75. The Labute approximate surface area is 140 Å². The van der Waals surface area contributed by atoms with E-state index in [0.29, 0.717) is 22.7 Å². The molecule has 1 aliphatic carbocycles. The number of carbonyl (C=O) groups is 1. The predicted molar refractivity (Wildman–Crippen MR) is 90.0 cm³/mol. The van der Waals surface area contributed by atoms with E-state index < -0.39 is 0 Å². The van der Waals surface area contributed by atoms with Crippen molar-refractivity contribution in [3.63, 3.8) is 0 Å². The number of carbonyl (C=O) groups excluding carboxylic acids is 1. The first-order chi connectivity index (χ1) is 11.2. The molecule has 2 unspecified atom stereocenters. The highest BCUT2D eigenvalue weighted by molar-refractivity contribution is 6.32. The minimum absolute atomic E-state index is 0.0520. The van der Waals surface area contributed by atoms with Gasteiger partial charge in [0.25, 0.3) is 0 Å². The third-order valence-corrected chi connectivity index (χ3v) is 5.26. The van der Waals surface area contributed by atoms with Crippen LogP contribution in [0, 0.1) is 11.8 Å². The van der Waals surface area contributed by atoms with E-state index >= 15 is 0 Å². The van der Waals surface area contributed by atoms with Crippen molar-refractivity contribution in [2.24, 2.45) is 11.8 Å². The maximum absolute atomic E-state index is 12.4. The van der Waals surface area contributed by atoms with E-state index in [4.69, 9.17) is 11.6 Å². The third kappa shape index (κ3) is 2.81. The smallest absolute Gasteiger partial charge is 0.323 e. The molecule has 23 heavy (non-hydrogen) atoms. The van der Waals surface area contributed by atoms with Crippen LogP contribution in [0.5, 0.6) is 0 Å². The highest BCUT2D eigenvalue weighted by Crippen LogP contribution is 2.37. The molecule has 1 N–H and O–H groups in total. The molecule has 6 heteroatoms. The lowest BCUT2D eigenvalue weighted by atomic mass is 10.0. The van der Waals surface area contributed by atoms with Crippen molar-refractivity contribution in [1.29, 1.82) is 0 Å². The molecule has 4 rings (SSSR count). The molecule has 5 nitrogen and oxygen atoms in total. The van der Waals surface area contributed by atoms with Crippen LogP contribution in [0.15, 0.2) is 36.5 Å². The Morgan fingerprint density at radius 2 is 1.91 bits per heavy atom. The molecule has 0 spiro atoms. The molecular formula is C17H19ClN4O. The van der Waals surface area contributed by atoms with Gasteiger partial charge in [0.15, 0.2) is 5.82 Å². The first-order valence-corrected chi connectivity index (χ1v) is 8.45. The molecule has 2 aromatic rings. The van der Waals surface area contributed by atoms with Crippen LogP contribution < -0.4 is 5.32 Å². The molecule has 1 saturated carbocycles. The minimum atomic E-state index is -0.0520.